The number of nitrogens with zero attached hydrogens (tertiary/aromatic N) is 2. The fraction of sp³-hybridized carbons (Fsp3) is 0.400. The number of hydrogen-bond acceptors (Lipinski definition) is 5. The van der Waals surface area contributed by atoms with E-state index in [9.17, 15) is 4.79 Å². The number of fused-ring (bicyclic) bond motifs is 1. The lowest BCUT2D eigenvalue weighted by atomic mass is 9.94. The van der Waals surface area contributed by atoms with Crippen LogP contribution in [0.25, 0.3) is 0 Å². The highest BCUT2D eigenvalue weighted by atomic mass is 35.5. The molecule has 1 unspecified atom stereocenters. The van der Waals surface area contributed by atoms with Crippen LogP contribution in [0, 0.1) is 0 Å². The van der Waals surface area contributed by atoms with E-state index in [1.807, 2.05) is 13.0 Å². The van der Waals surface area contributed by atoms with E-state index in [4.69, 9.17) is 0 Å². The summed E-state index contributed by atoms with van der Waals surface area (Å²) in [5, 5.41) is 10.4. The van der Waals surface area contributed by atoms with E-state index < -0.39 is 0 Å². The fourth-order valence-corrected chi connectivity index (χ4v) is 3.33. The number of carbonyl (C=O) groups excluding carboxylic acids is 1. The first kappa shape index (κ1) is 16.9. The minimum Gasteiger partial charge on any atom is -0.349 e. The third-order valence-corrected chi connectivity index (χ3v) is 4.55. The van der Waals surface area contributed by atoms with Gasteiger partial charge in [0.05, 0.1) is 5.69 Å². The first-order chi connectivity index (χ1) is 10.3. The van der Waals surface area contributed by atoms with Crippen LogP contribution in [0.4, 0.5) is 0 Å². The molecule has 7 heteroatoms. The van der Waals surface area contributed by atoms with Gasteiger partial charge in [-0.25, -0.2) is 0 Å². The molecule has 1 aliphatic rings. The van der Waals surface area contributed by atoms with Crippen LogP contribution < -0.4 is 10.6 Å². The number of halogens is 1. The summed E-state index contributed by atoms with van der Waals surface area (Å²) >= 11 is 1.16. The molecule has 1 aliphatic heterocycles. The Morgan fingerprint density at radius 1 is 1.45 bits per heavy atom. The third-order valence-electron chi connectivity index (χ3n) is 3.78. The van der Waals surface area contributed by atoms with E-state index in [1.165, 1.54) is 11.1 Å². The number of nitrogens with one attached hydrogen (secondary N) is 2. The quantitative estimate of drug-likeness (QED) is 0.896. The van der Waals surface area contributed by atoms with Gasteiger partial charge in [0.2, 0.25) is 0 Å². The van der Waals surface area contributed by atoms with Crippen molar-refractivity contribution in [3.63, 3.8) is 0 Å². The van der Waals surface area contributed by atoms with E-state index in [0.29, 0.717) is 11.4 Å². The highest BCUT2D eigenvalue weighted by Crippen LogP contribution is 2.22. The van der Waals surface area contributed by atoms with Crippen molar-refractivity contribution in [2.75, 3.05) is 13.1 Å². The average molecular weight is 339 g/mol. The van der Waals surface area contributed by atoms with Gasteiger partial charge in [0.15, 0.2) is 0 Å². The Bertz CT molecular complexity index is 646. The molecule has 22 heavy (non-hydrogen) atoms. The van der Waals surface area contributed by atoms with Crippen molar-refractivity contribution in [2.45, 2.75) is 25.8 Å². The molecular formula is C15H19ClN4OS. The number of benzene rings is 1. The van der Waals surface area contributed by atoms with Gasteiger partial charge in [0.25, 0.3) is 5.91 Å². The van der Waals surface area contributed by atoms with E-state index in [0.717, 1.165) is 36.6 Å². The van der Waals surface area contributed by atoms with Crippen molar-refractivity contribution in [2.24, 2.45) is 0 Å². The Morgan fingerprint density at radius 2 is 2.27 bits per heavy atom. The lowest BCUT2D eigenvalue weighted by Gasteiger charge is -2.27. The van der Waals surface area contributed by atoms with Gasteiger partial charge in [0.1, 0.15) is 4.88 Å². The maximum atomic E-state index is 12.2. The summed E-state index contributed by atoms with van der Waals surface area (Å²) in [5.41, 5.74) is 3.42. The Morgan fingerprint density at radius 3 is 3.09 bits per heavy atom. The standard InChI is InChI=1S/C15H18N4OS.ClH/c1-2-12-14(21-19-18-12)15(20)17-9-13-11-6-4-3-5-10(11)7-8-16-13;/h3-6,13,16H,2,7-9H2,1H3,(H,17,20);1H. The predicted molar refractivity (Wildman–Crippen MR) is 89.8 cm³/mol. The van der Waals surface area contributed by atoms with E-state index in [-0.39, 0.29) is 24.4 Å². The van der Waals surface area contributed by atoms with Crippen molar-refractivity contribution in [1.82, 2.24) is 20.2 Å². The van der Waals surface area contributed by atoms with Crippen LogP contribution >= 0.6 is 23.9 Å². The first-order valence-electron chi connectivity index (χ1n) is 7.20. The first-order valence-corrected chi connectivity index (χ1v) is 7.97. The minimum atomic E-state index is -0.0771. The number of rotatable bonds is 4. The summed E-state index contributed by atoms with van der Waals surface area (Å²) in [6.45, 7) is 3.50. The minimum absolute atomic E-state index is 0. The summed E-state index contributed by atoms with van der Waals surface area (Å²) in [5.74, 6) is -0.0771. The zero-order valence-electron chi connectivity index (χ0n) is 12.3. The second-order valence-electron chi connectivity index (χ2n) is 5.07. The van der Waals surface area contributed by atoms with Gasteiger partial charge >= 0.3 is 0 Å². The summed E-state index contributed by atoms with van der Waals surface area (Å²) < 4.78 is 3.86. The Kier molecular flexibility index (Phi) is 5.88. The number of amides is 1. The number of carbonyl (C=O) groups is 1. The molecule has 0 saturated heterocycles. The monoisotopic (exact) mass is 338 g/mol. The van der Waals surface area contributed by atoms with Crippen LogP contribution in [-0.2, 0) is 12.8 Å². The zero-order chi connectivity index (χ0) is 14.7. The molecule has 0 spiro atoms. The smallest absolute Gasteiger partial charge is 0.265 e. The number of aromatic nitrogens is 2. The summed E-state index contributed by atoms with van der Waals surface area (Å²) in [6, 6.07) is 8.57. The SMILES string of the molecule is CCc1nnsc1C(=O)NCC1NCCc2ccccc21.Cl. The van der Waals surface area contributed by atoms with E-state index >= 15 is 0 Å². The van der Waals surface area contributed by atoms with Crippen LogP contribution in [0.15, 0.2) is 24.3 Å². The van der Waals surface area contributed by atoms with Crippen molar-refractivity contribution in [3.05, 3.63) is 46.0 Å². The molecule has 0 bridgehead atoms. The maximum absolute atomic E-state index is 12.2. The van der Waals surface area contributed by atoms with Gasteiger partial charge in [-0.1, -0.05) is 35.7 Å². The molecule has 1 atom stereocenters. The lowest BCUT2D eigenvalue weighted by Crippen LogP contribution is -2.38. The maximum Gasteiger partial charge on any atom is 0.265 e. The summed E-state index contributed by atoms with van der Waals surface area (Å²) in [7, 11) is 0. The molecule has 2 aromatic rings. The van der Waals surface area contributed by atoms with Crippen LogP contribution in [-0.4, -0.2) is 28.6 Å². The molecular weight excluding hydrogens is 320 g/mol. The van der Waals surface area contributed by atoms with Gasteiger partial charge < -0.3 is 10.6 Å². The molecule has 1 aromatic heterocycles. The highest BCUT2D eigenvalue weighted by Gasteiger charge is 2.21. The van der Waals surface area contributed by atoms with Crippen LogP contribution in [0.5, 0.6) is 0 Å². The number of hydrogen-bond donors (Lipinski definition) is 2. The van der Waals surface area contributed by atoms with Gasteiger partial charge in [-0.3, -0.25) is 4.79 Å². The highest BCUT2D eigenvalue weighted by molar-refractivity contribution is 7.08. The van der Waals surface area contributed by atoms with Crippen LogP contribution in [0.2, 0.25) is 0 Å². The van der Waals surface area contributed by atoms with E-state index in [2.05, 4.69) is 38.4 Å². The molecule has 2 N–H and O–H groups in total. The topological polar surface area (TPSA) is 66.9 Å². The van der Waals surface area contributed by atoms with Gasteiger partial charge in [-0.2, -0.15) is 0 Å². The Hall–Kier alpha value is -1.50. The summed E-state index contributed by atoms with van der Waals surface area (Å²) in [4.78, 5) is 12.9. The van der Waals surface area contributed by atoms with Crippen molar-refractivity contribution in [3.8, 4) is 0 Å². The number of aryl methyl sites for hydroxylation is 1. The Balaban J connectivity index is 0.00000176. The van der Waals surface area contributed by atoms with Gasteiger partial charge in [-0.05, 0) is 42.0 Å². The average Bonchev–Trinajstić information content (AvgIpc) is 3.01. The van der Waals surface area contributed by atoms with Crippen molar-refractivity contribution in [1.29, 1.82) is 0 Å². The van der Waals surface area contributed by atoms with Crippen molar-refractivity contribution < 1.29 is 4.79 Å². The third kappa shape index (κ3) is 3.45. The van der Waals surface area contributed by atoms with Gasteiger partial charge in [-0.15, -0.1) is 17.5 Å². The van der Waals surface area contributed by atoms with Crippen LogP contribution in [0.3, 0.4) is 0 Å². The molecule has 5 nitrogen and oxygen atoms in total. The predicted octanol–water partition coefficient (Wildman–Crippen LogP) is 2.14. The van der Waals surface area contributed by atoms with Crippen LogP contribution in [0.1, 0.15) is 39.5 Å². The fourth-order valence-electron chi connectivity index (χ4n) is 2.66. The molecule has 118 valence electrons. The molecule has 2 heterocycles. The molecule has 0 fully saturated rings. The summed E-state index contributed by atoms with van der Waals surface area (Å²) in [6.07, 6.45) is 1.77. The molecule has 0 saturated carbocycles. The van der Waals surface area contributed by atoms with Gasteiger partial charge in [0, 0.05) is 12.6 Å². The molecule has 0 radical (unpaired) electrons. The molecule has 3 rings (SSSR count). The zero-order valence-corrected chi connectivity index (χ0v) is 14.0. The Labute approximate surface area is 140 Å². The lowest BCUT2D eigenvalue weighted by molar-refractivity contribution is 0.0952. The van der Waals surface area contributed by atoms with Crippen molar-refractivity contribution >= 4 is 29.8 Å². The molecule has 0 aliphatic carbocycles. The second kappa shape index (κ2) is 7.67. The normalized spacial score (nSPS) is 16.5. The largest absolute Gasteiger partial charge is 0.349 e. The molecule has 1 amide bonds. The second-order valence-corrected chi connectivity index (χ2v) is 5.82. The van der Waals surface area contributed by atoms with E-state index in [1.54, 1.807) is 0 Å². The molecule has 1 aromatic carbocycles.